The highest BCUT2D eigenvalue weighted by Crippen LogP contribution is 2.65. The summed E-state index contributed by atoms with van der Waals surface area (Å²) >= 11 is 0. The molecule has 0 aliphatic heterocycles. The zero-order valence-corrected chi connectivity index (χ0v) is 23.0. The fourth-order valence-electron chi connectivity index (χ4n) is 8.35. The highest BCUT2D eigenvalue weighted by Gasteiger charge is 2.67. The van der Waals surface area contributed by atoms with Crippen molar-refractivity contribution >= 4 is 5.78 Å². The van der Waals surface area contributed by atoms with Gasteiger partial charge in [0.2, 0.25) is 0 Å². The Hall–Kier alpha value is -0.710. The number of carbonyl (C=O) groups is 1. The summed E-state index contributed by atoms with van der Waals surface area (Å²) in [5.74, 6) is 3.69. The molecule has 4 heteroatoms. The molecule has 4 aliphatic carbocycles. The van der Waals surface area contributed by atoms with Crippen LogP contribution in [-0.2, 0) is 19.0 Å². The maximum atomic E-state index is 12.7. The minimum atomic E-state index is -0.172. The SMILES string of the molecule is COCOC(C)(C)[C@@H](C)CC[C@@H](C)[C@H]1CC[C@H]2/C(=C/[C@@H](OC)[C@]34C[C@H]3CCC4=O)CCC[C@]12C. The van der Waals surface area contributed by atoms with Crippen LogP contribution in [0.4, 0.5) is 0 Å². The second-order valence-electron chi connectivity index (χ2n) is 13.0. The summed E-state index contributed by atoms with van der Waals surface area (Å²) in [6, 6.07) is 0. The van der Waals surface area contributed by atoms with Crippen molar-refractivity contribution in [3.63, 3.8) is 0 Å². The quantitative estimate of drug-likeness (QED) is 0.240. The number of ether oxygens (including phenoxy) is 3. The molecule has 0 heterocycles. The molecular formula is C30H50O4. The van der Waals surface area contributed by atoms with Crippen LogP contribution in [0.1, 0.15) is 98.8 Å². The summed E-state index contributed by atoms with van der Waals surface area (Å²) in [5.41, 5.74) is 1.66. The highest BCUT2D eigenvalue weighted by molar-refractivity contribution is 5.91. The number of hydrogen-bond acceptors (Lipinski definition) is 4. The zero-order chi connectivity index (χ0) is 24.7. The normalized spacial score (nSPS) is 39.1. The van der Waals surface area contributed by atoms with Crippen LogP contribution in [-0.4, -0.2) is 38.5 Å². The van der Waals surface area contributed by atoms with E-state index in [0.717, 1.165) is 31.1 Å². The van der Waals surface area contributed by atoms with Gasteiger partial charge in [-0.05, 0) is 100 Å². The van der Waals surface area contributed by atoms with E-state index in [1.807, 2.05) is 7.11 Å². The molecule has 0 amide bonds. The Kier molecular flexibility index (Phi) is 7.73. The van der Waals surface area contributed by atoms with Crippen molar-refractivity contribution < 1.29 is 19.0 Å². The monoisotopic (exact) mass is 474 g/mol. The van der Waals surface area contributed by atoms with Gasteiger partial charge >= 0.3 is 0 Å². The summed E-state index contributed by atoms with van der Waals surface area (Å²) in [7, 11) is 3.51. The van der Waals surface area contributed by atoms with Gasteiger partial charge in [0.15, 0.2) is 0 Å². The first-order valence-electron chi connectivity index (χ1n) is 14.0. The number of fused-ring (bicyclic) bond motifs is 2. The predicted molar refractivity (Wildman–Crippen MR) is 136 cm³/mol. The van der Waals surface area contributed by atoms with Crippen LogP contribution in [0, 0.1) is 40.4 Å². The lowest BCUT2D eigenvalue weighted by Crippen LogP contribution is -2.38. The molecule has 0 N–H and O–H groups in total. The first-order chi connectivity index (χ1) is 16.1. The van der Waals surface area contributed by atoms with Gasteiger partial charge in [-0.25, -0.2) is 0 Å². The molecule has 0 radical (unpaired) electrons. The van der Waals surface area contributed by atoms with Gasteiger partial charge in [-0.2, -0.15) is 0 Å². The maximum Gasteiger partial charge on any atom is 0.147 e. The van der Waals surface area contributed by atoms with E-state index in [4.69, 9.17) is 14.2 Å². The van der Waals surface area contributed by atoms with Crippen molar-refractivity contribution in [2.45, 2.75) is 111 Å². The van der Waals surface area contributed by atoms with Crippen LogP contribution in [0.2, 0.25) is 0 Å². The van der Waals surface area contributed by atoms with Crippen molar-refractivity contribution in [1.29, 1.82) is 0 Å². The van der Waals surface area contributed by atoms with Gasteiger partial charge < -0.3 is 14.2 Å². The minimum absolute atomic E-state index is 0.00324. The van der Waals surface area contributed by atoms with E-state index >= 15 is 0 Å². The van der Waals surface area contributed by atoms with Crippen LogP contribution in [0.15, 0.2) is 11.6 Å². The van der Waals surface area contributed by atoms with E-state index in [1.54, 1.807) is 12.7 Å². The number of allylic oxidation sites excluding steroid dienone is 1. The lowest BCUT2D eigenvalue weighted by atomic mass is 9.60. The third kappa shape index (κ3) is 4.57. The maximum absolute atomic E-state index is 12.7. The van der Waals surface area contributed by atoms with E-state index in [0.29, 0.717) is 35.7 Å². The van der Waals surface area contributed by atoms with Crippen LogP contribution in [0.3, 0.4) is 0 Å². The van der Waals surface area contributed by atoms with E-state index in [2.05, 4.69) is 40.7 Å². The van der Waals surface area contributed by atoms with Gasteiger partial charge in [0.05, 0.1) is 17.1 Å². The van der Waals surface area contributed by atoms with Gasteiger partial charge in [0, 0.05) is 20.6 Å². The average Bonchev–Trinajstić information content (AvgIpc) is 3.31. The zero-order valence-electron chi connectivity index (χ0n) is 23.0. The summed E-state index contributed by atoms with van der Waals surface area (Å²) in [5, 5.41) is 0. The second-order valence-corrected chi connectivity index (χ2v) is 13.0. The third-order valence-corrected chi connectivity index (χ3v) is 11.0. The van der Waals surface area contributed by atoms with E-state index < -0.39 is 0 Å². The molecule has 0 spiro atoms. The van der Waals surface area contributed by atoms with Crippen LogP contribution in [0.25, 0.3) is 0 Å². The highest BCUT2D eigenvalue weighted by atomic mass is 16.7. The number of methoxy groups -OCH3 is 2. The Labute approximate surface area is 208 Å². The predicted octanol–water partition coefficient (Wildman–Crippen LogP) is 6.96. The van der Waals surface area contributed by atoms with Crippen molar-refractivity contribution in [3.8, 4) is 0 Å². The number of ketones is 1. The fourth-order valence-corrected chi connectivity index (χ4v) is 8.35. The molecule has 34 heavy (non-hydrogen) atoms. The first-order valence-corrected chi connectivity index (χ1v) is 14.0. The first kappa shape index (κ1) is 26.4. The lowest BCUT2D eigenvalue weighted by Gasteiger charge is -2.45. The molecule has 0 saturated heterocycles. The van der Waals surface area contributed by atoms with Crippen LogP contribution < -0.4 is 0 Å². The Morgan fingerprint density at radius 2 is 1.88 bits per heavy atom. The van der Waals surface area contributed by atoms with Crippen molar-refractivity contribution in [1.82, 2.24) is 0 Å². The topological polar surface area (TPSA) is 44.8 Å². The number of rotatable bonds is 11. The largest absolute Gasteiger partial charge is 0.376 e. The Bertz CT molecular complexity index is 772. The van der Waals surface area contributed by atoms with Gasteiger partial charge in [0.1, 0.15) is 12.6 Å². The van der Waals surface area contributed by atoms with Gasteiger partial charge in [0.25, 0.3) is 0 Å². The van der Waals surface area contributed by atoms with Crippen molar-refractivity contribution in [2.24, 2.45) is 40.4 Å². The molecule has 4 rings (SSSR count). The number of carbonyl (C=O) groups excluding carboxylic acids is 1. The minimum Gasteiger partial charge on any atom is -0.376 e. The molecule has 8 atom stereocenters. The van der Waals surface area contributed by atoms with Crippen LogP contribution in [0.5, 0.6) is 0 Å². The van der Waals surface area contributed by atoms with Gasteiger partial charge in [-0.1, -0.05) is 38.8 Å². The Morgan fingerprint density at radius 3 is 2.50 bits per heavy atom. The molecule has 0 aromatic heterocycles. The average molecular weight is 475 g/mol. The summed E-state index contributed by atoms with van der Waals surface area (Å²) in [4.78, 5) is 12.7. The van der Waals surface area contributed by atoms with Crippen molar-refractivity contribution in [2.75, 3.05) is 21.0 Å². The molecule has 0 unspecified atom stereocenters. The number of hydrogen-bond donors (Lipinski definition) is 0. The molecule has 4 nitrogen and oxygen atoms in total. The Morgan fingerprint density at radius 1 is 1.12 bits per heavy atom. The van der Waals surface area contributed by atoms with E-state index in [-0.39, 0.29) is 17.1 Å². The lowest BCUT2D eigenvalue weighted by molar-refractivity contribution is -0.137. The fraction of sp³-hybridized carbons (Fsp3) is 0.900. The molecular weight excluding hydrogens is 424 g/mol. The molecule has 0 aromatic carbocycles. The third-order valence-electron chi connectivity index (χ3n) is 11.0. The van der Waals surface area contributed by atoms with Crippen molar-refractivity contribution in [3.05, 3.63) is 11.6 Å². The number of Topliss-reactive ketones (excluding diaryl/α,β-unsaturated/α-hetero) is 1. The molecule has 0 aromatic rings. The second kappa shape index (κ2) is 9.98. The summed E-state index contributed by atoms with van der Waals surface area (Å²) in [6.07, 6.45) is 14.2. The molecule has 4 aliphatic rings. The van der Waals surface area contributed by atoms with Gasteiger partial charge in [-0.15, -0.1) is 0 Å². The molecule has 194 valence electrons. The summed E-state index contributed by atoms with van der Waals surface area (Å²) in [6.45, 7) is 12.1. The molecule has 0 bridgehead atoms. The van der Waals surface area contributed by atoms with Crippen LogP contribution >= 0.6 is 0 Å². The smallest absolute Gasteiger partial charge is 0.147 e. The standard InChI is InChI=1S/C30H50O4/c1-20(10-11-21(2)28(3,4)34-19-32-6)24-13-14-25-22(9-8-16-29(24,25)5)17-27(33-7)30-18-23(30)12-15-26(30)31/h17,20-21,23-25,27H,8-16,18-19H2,1-7H3/b22-17+/t20-,21+,23-,24-,25+,27-,29-,30-/m1/s1. The summed E-state index contributed by atoms with van der Waals surface area (Å²) < 4.78 is 17.1. The van der Waals surface area contributed by atoms with Gasteiger partial charge in [-0.3, -0.25) is 4.79 Å². The molecule has 4 saturated carbocycles. The van der Waals surface area contributed by atoms with E-state index in [1.165, 1.54) is 44.9 Å². The molecule has 4 fully saturated rings. The van der Waals surface area contributed by atoms with E-state index in [9.17, 15) is 4.79 Å². The Balaban J connectivity index is 1.42.